The molecule has 0 bridgehead atoms. The smallest absolute Gasteiger partial charge is 0.306 e. The second kappa shape index (κ2) is 10.7. The van der Waals surface area contributed by atoms with Gasteiger partial charge in [-0.2, -0.15) is 0 Å². The Morgan fingerprint density at radius 3 is 1.65 bits per heavy atom. The summed E-state index contributed by atoms with van der Waals surface area (Å²) in [5.41, 5.74) is 0. The Labute approximate surface area is 123 Å². The summed E-state index contributed by atoms with van der Waals surface area (Å²) < 4.78 is 9.95. The van der Waals surface area contributed by atoms with E-state index in [1.807, 2.05) is 0 Å². The lowest BCUT2D eigenvalue weighted by molar-refractivity contribution is -0.147. The molecule has 0 spiro atoms. The van der Waals surface area contributed by atoms with Crippen LogP contribution in [0.15, 0.2) is 0 Å². The predicted molar refractivity (Wildman–Crippen MR) is 79.2 cm³/mol. The lowest BCUT2D eigenvalue weighted by atomic mass is 9.87. The van der Waals surface area contributed by atoms with Crippen LogP contribution in [0.5, 0.6) is 0 Å². The van der Waals surface area contributed by atoms with E-state index in [2.05, 4.69) is 20.8 Å². The third-order valence-electron chi connectivity index (χ3n) is 3.69. The average Bonchev–Trinajstić information content (AvgIpc) is 2.35. The van der Waals surface area contributed by atoms with Gasteiger partial charge in [-0.3, -0.25) is 9.59 Å². The molecule has 0 aromatic heterocycles. The number of rotatable bonds is 10. The molecule has 0 aliphatic carbocycles. The Bertz CT molecular complexity index is 266. The maximum atomic E-state index is 11.6. The molecule has 0 saturated carbocycles. The molecule has 0 N–H and O–H groups in total. The van der Waals surface area contributed by atoms with Gasteiger partial charge in [0.1, 0.15) is 0 Å². The van der Waals surface area contributed by atoms with E-state index in [4.69, 9.17) is 9.47 Å². The van der Waals surface area contributed by atoms with Crippen molar-refractivity contribution in [2.75, 3.05) is 13.2 Å². The zero-order chi connectivity index (χ0) is 15.5. The fourth-order valence-electron chi connectivity index (χ4n) is 2.02. The van der Waals surface area contributed by atoms with E-state index in [1.165, 1.54) is 0 Å². The molecule has 0 heterocycles. The highest BCUT2D eigenvalue weighted by Crippen LogP contribution is 2.24. The molecule has 0 aliphatic rings. The molecule has 4 heteroatoms. The second-order valence-electron chi connectivity index (χ2n) is 5.68. The summed E-state index contributed by atoms with van der Waals surface area (Å²) in [7, 11) is 0. The first-order chi connectivity index (χ1) is 9.40. The normalized spacial score (nSPS) is 12.6. The molecule has 118 valence electrons. The summed E-state index contributed by atoms with van der Waals surface area (Å²) >= 11 is 0. The van der Waals surface area contributed by atoms with Crippen LogP contribution in [0.1, 0.15) is 60.3 Å². The molecule has 0 aliphatic heterocycles. The minimum atomic E-state index is -0.223. The highest BCUT2D eigenvalue weighted by Gasteiger charge is 2.20. The van der Waals surface area contributed by atoms with Gasteiger partial charge in [-0.25, -0.2) is 0 Å². The lowest BCUT2D eigenvalue weighted by Gasteiger charge is -2.20. The monoisotopic (exact) mass is 286 g/mol. The van der Waals surface area contributed by atoms with Gasteiger partial charge in [0.25, 0.3) is 0 Å². The number of carbonyl (C=O) groups is 2. The van der Waals surface area contributed by atoms with Gasteiger partial charge in [0, 0.05) is 12.8 Å². The number of hydrogen-bond acceptors (Lipinski definition) is 4. The summed E-state index contributed by atoms with van der Waals surface area (Å²) in [6.07, 6.45) is 2.48. The molecule has 1 unspecified atom stereocenters. The van der Waals surface area contributed by atoms with Crippen LogP contribution in [0.25, 0.3) is 0 Å². The van der Waals surface area contributed by atoms with Crippen LogP contribution < -0.4 is 0 Å². The molecule has 1 atom stereocenters. The van der Waals surface area contributed by atoms with Crippen molar-refractivity contribution in [3.05, 3.63) is 0 Å². The quantitative estimate of drug-likeness (QED) is 0.576. The van der Waals surface area contributed by atoms with Crippen LogP contribution in [0.3, 0.4) is 0 Å². The first-order valence-corrected chi connectivity index (χ1v) is 7.71. The van der Waals surface area contributed by atoms with Gasteiger partial charge in [0.2, 0.25) is 0 Å². The third-order valence-corrected chi connectivity index (χ3v) is 3.69. The van der Waals surface area contributed by atoms with Gasteiger partial charge in [0.15, 0.2) is 0 Å². The van der Waals surface area contributed by atoms with E-state index in [1.54, 1.807) is 13.8 Å². The zero-order valence-electron chi connectivity index (χ0n) is 13.6. The predicted octanol–water partition coefficient (Wildman–Crippen LogP) is 3.58. The maximum Gasteiger partial charge on any atom is 0.306 e. The molecular formula is C16H30O4. The molecule has 0 amide bonds. The van der Waals surface area contributed by atoms with Crippen molar-refractivity contribution in [3.8, 4) is 0 Å². The van der Waals surface area contributed by atoms with E-state index in [9.17, 15) is 9.59 Å². The third kappa shape index (κ3) is 8.94. The van der Waals surface area contributed by atoms with Gasteiger partial charge >= 0.3 is 11.9 Å². The van der Waals surface area contributed by atoms with E-state index in [0.29, 0.717) is 37.9 Å². The molecule has 0 aromatic rings. The maximum absolute atomic E-state index is 11.6. The average molecular weight is 286 g/mol. The zero-order valence-corrected chi connectivity index (χ0v) is 13.6. The minimum absolute atomic E-state index is 0.0225. The summed E-state index contributed by atoms with van der Waals surface area (Å²) in [6, 6.07) is 0. The van der Waals surface area contributed by atoms with Crippen LogP contribution in [0.4, 0.5) is 0 Å². The van der Waals surface area contributed by atoms with E-state index in [-0.39, 0.29) is 17.9 Å². The van der Waals surface area contributed by atoms with Crippen LogP contribution >= 0.6 is 0 Å². The van der Waals surface area contributed by atoms with Crippen LogP contribution in [0.2, 0.25) is 0 Å². The van der Waals surface area contributed by atoms with Gasteiger partial charge in [-0.1, -0.05) is 27.2 Å². The number of ether oxygens (including phenoxy) is 2. The Morgan fingerprint density at radius 1 is 0.850 bits per heavy atom. The Hall–Kier alpha value is -1.06. The standard InChI is InChI=1S/C16H30O4/c1-6-19-15(17)10-14(11-16(18)20-7-2)9-8-13(5)12(3)4/h12-14H,6-11H2,1-5H3. The summed E-state index contributed by atoms with van der Waals surface area (Å²) in [6.45, 7) is 10.9. The molecule has 0 fully saturated rings. The topological polar surface area (TPSA) is 52.6 Å². The summed E-state index contributed by atoms with van der Waals surface area (Å²) in [4.78, 5) is 23.2. The van der Waals surface area contributed by atoms with Gasteiger partial charge < -0.3 is 9.47 Å². The Balaban J connectivity index is 4.37. The van der Waals surface area contributed by atoms with Crippen molar-refractivity contribution < 1.29 is 19.1 Å². The Morgan fingerprint density at radius 2 is 1.30 bits per heavy atom. The van der Waals surface area contributed by atoms with Gasteiger partial charge in [-0.05, 0) is 38.0 Å². The Kier molecular flexibility index (Phi) is 10.1. The van der Waals surface area contributed by atoms with Crippen molar-refractivity contribution >= 4 is 11.9 Å². The first-order valence-electron chi connectivity index (χ1n) is 7.71. The fourth-order valence-corrected chi connectivity index (χ4v) is 2.02. The van der Waals surface area contributed by atoms with Crippen molar-refractivity contribution in [1.82, 2.24) is 0 Å². The van der Waals surface area contributed by atoms with E-state index >= 15 is 0 Å². The van der Waals surface area contributed by atoms with Crippen molar-refractivity contribution in [3.63, 3.8) is 0 Å². The van der Waals surface area contributed by atoms with Crippen molar-refractivity contribution in [1.29, 1.82) is 0 Å². The first kappa shape index (κ1) is 18.9. The fraction of sp³-hybridized carbons (Fsp3) is 0.875. The number of esters is 2. The summed E-state index contributed by atoms with van der Waals surface area (Å²) in [5.74, 6) is 0.773. The molecule has 0 rings (SSSR count). The van der Waals surface area contributed by atoms with Gasteiger partial charge in [0.05, 0.1) is 13.2 Å². The largest absolute Gasteiger partial charge is 0.466 e. The molecular weight excluding hydrogens is 256 g/mol. The van der Waals surface area contributed by atoms with Crippen LogP contribution in [0, 0.1) is 17.8 Å². The molecule has 0 saturated heterocycles. The lowest BCUT2D eigenvalue weighted by Crippen LogP contribution is -2.18. The second-order valence-corrected chi connectivity index (χ2v) is 5.68. The summed E-state index contributed by atoms with van der Waals surface area (Å²) in [5, 5.41) is 0. The van der Waals surface area contributed by atoms with E-state index < -0.39 is 0 Å². The van der Waals surface area contributed by atoms with Crippen LogP contribution in [-0.2, 0) is 19.1 Å². The van der Waals surface area contributed by atoms with E-state index in [0.717, 1.165) is 12.8 Å². The minimum Gasteiger partial charge on any atom is -0.466 e. The van der Waals surface area contributed by atoms with Gasteiger partial charge in [-0.15, -0.1) is 0 Å². The highest BCUT2D eigenvalue weighted by molar-refractivity contribution is 5.73. The van der Waals surface area contributed by atoms with Crippen molar-refractivity contribution in [2.45, 2.75) is 60.3 Å². The van der Waals surface area contributed by atoms with Crippen molar-refractivity contribution in [2.24, 2.45) is 17.8 Å². The highest BCUT2D eigenvalue weighted by atomic mass is 16.5. The molecule has 0 radical (unpaired) electrons. The molecule has 4 nitrogen and oxygen atoms in total. The number of carbonyl (C=O) groups excluding carboxylic acids is 2. The number of hydrogen-bond donors (Lipinski definition) is 0. The SMILES string of the molecule is CCOC(=O)CC(CCC(C)C(C)C)CC(=O)OCC. The van der Waals surface area contributed by atoms with Crippen LogP contribution in [-0.4, -0.2) is 25.2 Å². The molecule has 0 aromatic carbocycles. The molecule has 20 heavy (non-hydrogen) atoms.